The molecule has 0 aromatic heterocycles. The molecule has 0 rings (SSSR count). The molecule has 0 aromatic carbocycles. The van der Waals surface area contributed by atoms with Crippen molar-refractivity contribution in [2.75, 3.05) is 19.8 Å². The van der Waals surface area contributed by atoms with E-state index in [1.54, 1.807) is 0 Å². The van der Waals surface area contributed by atoms with Crippen LogP contribution < -0.4 is 0 Å². The van der Waals surface area contributed by atoms with Gasteiger partial charge in [0.15, 0.2) is 0 Å². The SMILES string of the molecule is CCCCCCCCCCCCOCCCCOS(=O)[O-]. The van der Waals surface area contributed by atoms with Gasteiger partial charge in [0.25, 0.3) is 0 Å². The van der Waals surface area contributed by atoms with Crippen LogP contribution in [0.2, 0.25) is 0 Å². The van der Waals surface area contributed by atoms with Gasteiger partial charge in [-0.2, -0.15) is 0 Å². The topological polar surface area (TPSA) is 58.6 Å². The van der Waals surface area contributed by atoms with Crippen LogP contribution in [0.1, 0.15) is 84.0 Å². The first-order valence-corrected chi connectivity index (χ1v) is 9.57. The van der Waals surface area contributed by atoms with E-state index in [1.165, 1.54) is 57.8 Å². The Labute approximate surface area is 133 Å². The highest BCUT2D eigenvalue weighted by Crippen LogP contribution is 2.10. The first-order chi connectivity index (χ1) is 10.3. The number of ether oxygens (including phenoxy) is 1. The monoisotopic (exact) mass is 321 g/mol. The van der Waals surface area contributed by atoms with E-state index in [-0.39, 0.29) is 6.61 Å². The average Bonchev–Trinajstić information content (AvgIpc) is 2.46. The van der Waals surface area contributed by atoms with Gasteiger partial charge in [0.05, 0.1) is 18.0 Å². The smallest absolute Gasteiger partial charge is 0.0842 e. The third kappa shape index (κ3) is 20.0. The predicted molar refractivity (Wildman–Crippen MR) is 86.8 cm³/mol. The maximum absolute atomic E-state index is 10.1. The molecular weight excluding hydrogens is 288 g/mol. The lowest BCUT2D eigenvalue weighted by atomic mass is 10.1. The molecule has 1 atom stereocenters. The van der Waals surface area contributed by atoms with Gasteiger partial charge in [-0.25, -0.2) is 4.21 Å². The van der Waals surface area contributed by atoms with Crippen molar-refractivity contribution >= 4 is 11.4 Å². The van der Waals surface area contributed by atoms with E-state index in [9.17, 15) is 8.76 Å². The minimum absolute atomic E-state index is 0.262. The summed E-state index contributed by atoms with van der Waals surface area (Å²) in [5.41, 5.74) is 0. The maximum atomic E-state index is 10.1. The van der Waals surface area contributed by atoms with Crippen LogP contribution in [0, 0.1) is 0 Å². The van der Waals surface area contributed by atoms with Crippen LogP contribution in [0.25, 0.3) is 0 Å². The predicted octanol–water partition coefficient (Wildman–Crippen LogP) is 4.51. The lowest BCUT2D eigenvalue weighted by molar-refractivity contribution is 0.122. The quantitative estimate of drug-likeness (QED) is 0.292. The van der Waals surface area contributed by atoms with Crippen molar-refractivity contribution in [2.24, 2.45) is 0 Å². The molecule has 0 saturated heterocycles. The van der Waals surface area contributed by atoms with Crippen molar-refractivity contribution in [1.82, 2.24) is 0 Å². The molecule has 1 unspecified atom stereocenters. The molecule has 5 heteroatoms. The lowest BCUT2D eigenvalue weighted by Crippen LogP contribution is -2.01. The standard InChI is InChI=1S/C16H34O4S/c1-2-3-4-5-6-7-8-9-10-11-14-19-15-12-13-16-20-21(17)18/h2-16H2,1H3,(H,17,18)/p-1. The summed E-state index contributed by atoms with van der Waals surface area (Å²) in [4.78, 5) is 0. The van der Waals surface area contributed by atoms with E-state index in [1.807, 2.05) is 0 Å². The summed E-state index contributed by atoms with van der Waals surface area (Å²) < 4.78 is 30.1. The minimum Gasteiger partial charge on any atom is -0.750 e. The fraction of sp³-hybridized carbons (Fsp3) is 1.00. The largest absolute Gasteiger partial charge is 0.750 e. The van der Waals surface area contributed by atoms with Crippen molar-refractivity contribution in [3.8, 4) is 0 Å². The zero-order valence-corrected chi connectivity index (χ0v) is 14.5. The van der Waals surface area contributed by atoms with Crippen molar-refractivity contribution in [3.63, 3.8) is 0 Å². The Kier molecular flexibility index (Phi) is 18.1. The molecular formula is C16H33O4S-. The normalized spacial score (nSPS) is 12.7. The highest BCUT2D eigenvalue weighted by atomic mass is 32.2. The summed E-state index contributed by atoms with van der Waals surface area (Å²) in [7, 11) is 0. The lowest BCUT2D eigenvalue weighted by Gasteiger charge is -2.06. The Hall–Kier alpha value is 0.0300. The zero-order chi connectivity index (χ0) is 15.6. The molecule has 0 bridgehead atoms. The number of rotatable bonds is 17. The second-order valence-electron chi connectivity index (χ2n) is 5.53. The third-order valence-electron chi connectivity index (χ3n) is 3.50. The summed E-state index contributed by atoms with van der Waals surface area (Å²) in [6.45, 7) is 4.04. The van der Waals surface area contributed by atoms with E-state index < -0.39 is 11.4 Å². The molecule has 0 radical (unpaired) electrons. The van der Waals surface area contributed by atoms with E-state index >= 15 is 0 Å². The van der Waals surface area contributed by atoms with Crippen LogP contribution in [0.4, 0.5) is 0 Å². The van der Waals surface area contributed by atoms with Gasteiger partial charge in [-0.05, 0) is 19.3 Å². The summed E-state index contributed by atoms with van der Waals surface area (Å²) in [6, 6.07) is 0. The van der Waals surface area contributed by atoms with Gasteiger partial charge in [-0.1, -0.05) is 64.7 Å². The van der Waals surface area contributed by atoms with E-state index in [4.69, 9.17) is 4.74 Å². The number of hydrogen-bond acceptors (Lipinski definition) is 4. The van der Waals surface area contributed by atoms with Gasteiger partial charge in [0, 0.05) is 13.2 Å². The molecule has 4 nitrogen and oxygen atoms in total. The molecule has 0 aliphatic heterocycles. The van der Waals surface area contributed by atoms with Crippen molar-refractivity contribution in [3.05, 3.63) is 0 Å². The average molecular weight is 322 g/mol. The zero-order valence-electron chi connectivity index (χ0n) is 13.6. The van der Waals surface area contributed by atoms with Crippen molar-refractivity contribution in [2.45, 2.75) is 84.0 Å². The van der Waals surface area contributed by atoms with Crippen LogP contribution in [0.15, 0.2) is 0 Å². The molecule has 0 amide bonds. The Morgan fingerprint density at radius 1 is 0.714 bits per heavy atom. The Morgan fingerprint density at radius 2 is 1.14 bits per heavy atom. The molecule has 0 N–H and O–H groups in total. The molecule has 0 aromatic rings. The van der Waals surface area contributed by atoms with Gasteiger partial charge >= 0.3 is 0 Å². The van der Waals surface area contributed by atoms with Crippen LogP contribution in [0.5, 0.6) is 0 Å². The van der Waals surface area contributed by atoms with Gasteiger partial charge in [-0.15, -0.1) is 0 Å². The van der Waals surface area contributed by atoms with E-state index in [0.717, 1.165) is 25.9 Å². The highest BCUT2D eigenvalue weighted by Gasteiger charge is 1.94. The highest BCUT2D eigenvalue weighted by molar-refractivity contribution is 7.74. The van der Waals surface area contributed by atoms with E-state index in [2.05, 4.69) is 11.1 Å². The molecule has 0 aliphatic carbocycles. The van der Waals surface area contributed by atoms with Crippen molar-refractivity contribution < 1.29 is 17.7 Å². The van der Waals surface area contributed by atoms with Crippen LogP contribution in [0.3, 0.4) is 0 Å². The summed E-state index contributed by atoms with van der Waals surface area (Å²) in [6.07, 6.45) is 14.9. The Morgan fingerprint density at radius 3 is 1.67 bits per heavy atom. The number of hydrogen-bond donors (Lipinski definition) is 0. The van der Waals surface area contributed by atoms with Gasteiger partial charge < -0.3 is 13.5 Å². The Bertz CT molecular complexity index is 224. The maximum Gasteiger partial charge on any atom is 0.0842 e. The first-order valence-electron chi connectivity index (χ1n) is 8.57. The summed E-state index contributed by atoms with van der Waals surface area (Å²) >= 11 is -2.37. The summed E-state index contributed by atoms with van der Waals surface area (Å²) in [5, 5.41) is 0. The van der Waals surface area contributed by atoms with Crippen molar-refractivity contribution in [1.29, 1.82) is 0 Å². The molecule has 0 heterocycles. The van der Waals surface area contributed by atoms with Crippen LogP contribution in [-0.4, -0.2) is 28.6 Å². The summed E-state index contributed by atoms with van der Waals surface area (Å²) in [5.74, 6) is 0. The molecule has 0 fully saturated rings. The molecule has 21 heavy (non-hydrogen) atoms. The fourth-order valence-corrected chi connectivity index (χ4v) is 2.48. The van der Waals surface area contributed by atoms with Crippen LogP contribution in [-0.2, 0) is 20.3 Å². The Balaban J connectivity index is 2.95. The molecule has 0 spiro atoms. The second-order valence-corrected chi connectivity index (χ2v) is 6.17. The van der Waals surface area contributed by atoms with E-state index in [0.29, 0.717) is 6.61 Å². The van der Waals surface area contributed by atoms with Gasteiger partial charge in [0.2, 0.25) is 0 Å². The molecule has 128 valence electrons. The van der Waals surface area contributed by atoms with Gasteiger partial charge in [-0.3, -0.25) is 0 Å². The molecule has 0 saturated carbocycles. The number of unbranched alkanes of at least 4 members (excludes halogenated alkanes) is 10. The van der Waals surface area contributed by atoms with Crippen LogP contribution >= 0.6 is 0 Å². The fourth-order valence-electron chi connectivity index (χ4n) is 2.23. The molecule has 0 aliphatic rings. The minimum atomic E-state index is -2.37. The van der Waals surface area contributed by atoms with Gasteiger partial charge in [0.1, 0.15) is 0 Å². The second kappa shape index (κ2) is 18.1. The first kappa shape index (κ1) is 21.0. The third-order valence-corrected chi connectivity index (χ3v) is 3.86.